The van der Waals surface area contributed by atoms with Gasteiger partial charge in [0.2, 0.25) is 5.91 Å². The summed E-state index contributed by atoms with van der Waals surface area (Å²) in [4.78, 5) is 35.7. The molecule has 7 nitrogen and oxygen atoms in total. The largest absolute Gasteiger partial charge is 0.354 e. The van der Waals surface area contributed by atoms with Crippen LogP contribution in [0, 0.1) is 5.92 Å². The lowest BCUT2D eigenvalue weighted by atomic mass is 9.97. The fraction of sp³-hybridized carbons (Fsp3) is 0.500. The zero-order valence-electron chi connectivity index (χ0n) is 16.2. The molecule has 1 aromatic carbocycles. The maximum absolute atomic E-state index is 12.9. The van der Waals surface area contributed by atoms with Crippen molar-refractivity contribution in [3.8, 4) is 0 Å². The number of piperidine rings is 1. The fourth-order valence-corrected chi connectivity index (χ4v) is 3.91. The number of rotatable bonds is 4. The van der Waals surface area contributed by atoms with Gasteiger partial charge in [0.15, 0.2) is 0 Å². The predicted octanol–water partition coefficient (Wildman–Crippen LogP) is 2.19. The van der Waals surface area contributed by atoms with Gasteiger partial charge in [-0.05, 0) is 50.3 Å². The minimum Gasteiger partial charge on any atom is -0.354 e. The van der Waals surface area contributed by atoms with Gasteiger partial charge in [0.05, 0.1) is 23.3 Å². The van der Waals surface area contributed by atoms with Gasteiger partial charge >= 0.3 is 0 Å². The summed E-state index contributed by atoms with van der Waals surface area (Å²) in [5.74, 6) is 0.277. The van der Waals surface area contributed by atoms with E-state index < -0.39 is 0 Å². The number of halogens is 2. The van der Waals surface area contributed by atoms with Gasteiger partial charge in [-0.1, -0.05) is 12.1 Å². The van der Waals surface area contributed by atoms with Gasteiger partial charge in [0, 0.05) is 19.6 Å². The summed E-state index contributed by atoms with van der Waals surface area (Å²) in [6, 6.07) is 7.49. The third-order valence-corrected chi connectivity index (χ3v) is 5.42. The van der Waals surface area contributed by atoms with Crippen molar-refractivity contribution in [2.24, 2.45) is 5.92 Å². The zero-order chi connectivity index (χ0) is 18.6. The van der Waals surface area contributed by atoms with Crippen LogP contribution in [0.1, 0.15) is 36.2 Å². The molecule has 0 spiro atoms. The summed E-state index contributed by atoms with van der Waals surface area (Å²) in [5, 5.41) is 6.27. The van der Waals surface area contributed by atoms with Crippen molar-refractivity contribution in [3.05, 3.63) is 36.2 Å². The van der Waals surface area contributed by atoms with E-state index >= 15 is 0 Å². The van der Waals surface area contributed by atoms with Crippen LogP contribution < -0.4 is 10.6 Å². The fourth-order valence-electron chi connectivity index (χ4n) is 3.91. The molecule has 9 heteroatoms. The van der Waals surface area contributed by atoms with Crippen molar-refractivity contribution >= 4 is 47.7 Å². The monoisotopic (exact) mass is 439 g/mol. The quantitative estimate of drug-likeness (QED) is 0.761. The first-order valence-corrected chi connectivity index (χ1v) is 9.73. The van der Waals surface area contributed by atoms with Crippen LogP contribution in [0.25, 0.3) is 11.0 Å². The van der Waals surface area contributed by atoms with Gasteiger partial charge in [-0.3, -0.25) is 14.6 Å². The number of likely N-dealkylation sites (tertiary alicyclic amines) is 1. The SMILES string of the molecule is Cl.Cl.O=C(NCC1CCCN(C(=O)c2cnc3ccccc3n2)C1)C1CCCN1. The first-order valence-electron chi connectivity index (χ1n) is 9.73. The van der Waals surface area contributed by atoms with Crippen LogP contribution in [0.15, 0.2) is 30.5 Å². The van der Waals surface area contributed by atoms with Crippen molar-refractivity contribution in [1.82, 2.24) is 25.5 Å². The molecule has 3 heterocycles. The summed E-state index contributed by atoms with van der Waals surface area (Å²) >= 11 is 0. The number of fused-ring (bicyclic) bond motifs is 1. The number of nitrogens with zero attached hydrogens (tertiary/aromatic N) is 3. The third-order valence-electron chi connectivity index (χ3n) is 5.42. The zero-order valence-corrected chi connectivity index (χ0v) is 17.8. The molecule has 0 saturated carbocycles. The van der Waals surface area contributed by atoms with Crippen molar-refractivity contribution in [3.63, 3.8) is 0 Å². The molecule has 0 aliphatic carbocycles. The Bertz CT molecular complexity index is 844. The van der Waals surface area contributed by atoms with Crippen LogP contribution in [0.3, 0.4) is 0 Å². The second kappa shape index (κ2) is 10.7. The molecule has 158 valence electrons. The number of nitrogens with one attached hydrogen (secondary N) is 2. The Morgan fingerprint density at radius 2 is 1.93 bits per heavy atom. The molecule has 2 amide bonds. The average molecular weight is 440 g/mol. The lowest BCUT2D eigenvalue weighted by molar-refractivity contribution is -0.123. The molecule has 0 radical (unpaired) electrons. The Hall–Kier alpha value is -1.96. The van der Waals surface area contributed by atoms with E-state index in [0.29, 0.717) is 18.8 Å². The first-order chi connectivity index (χ1) is 13.2. The molecule has 2 saturated heterocycles. The lowest BCUT2D eigenvalue weighted by Gasteiger charge is -2.32. The Balaban J connectivity index is 0.00000150. The topological polar surface area (TPSA) is 87.2 Å². The Morgan fingerprint density at radius 1 is 1.14 bits per heavy atom. The number of aromatic nitrogens is 2. The highest BCUT2D eigenvalue weighted by molar-refractivity contribution is 5.93. The summed E-state index contributed by atoms with van der Waals surface area (Å²) in [6.45, 7) is 2.90. The molecule has 1 aromatic heterocycles. The van der Waals surface area contributed by atoms with E-state index in [2.05, 4.69) is 20.6 Å². The highest BCUT2D eigenvalue weighted by Gasteiger charge is 2.27. The normalized spacial score (nSPS) is 21.2. The number of carbonyl (C=O) groups is 2. The van der Waals surface area contributed by atoms with Gasteiger partial charge in [0.1, 0.15) is 5.69 Å². The molecular weight excluding hydrogens is 413 g/mol. The highest BCUT2D eigenvalue weighted by atomic mass is 35.5. The molecule has 2 N–H and O–H groups in total. The Kier molecular flexibility index (Phi) is 8.61. The molecule has 4 rings (SSSR count). The van der Waals surface area contributed by atoms with E-state index in [0.717, 1.165) is 49.8 Å². The van der Waals surface area contributed by atoms with Gasteiger partial charge in [0.25, 0.3) is 5.91 Å². The molecule has 29 heavy (non-hydrogen) atoms. The number of hydrogen-bond acceptors (Lipinski definition) is 5. The van der Waals surface area contributed by atoms with Gasteiger partial charge in [-0.2, -0.15) is 0 Å². The molecular formula is C20H27Cl2N5O2. The minimum absolute atomic E-state index is 0. The van der Waals surface area contributed by atoms with Crippen LogP contribution >= 0.6 is 24.8 Å². The van der Waals surface area contributed by atoms with Crippen LogP contribution in [-0.4, -0.2) is 58.9 Å². The van der Waals surface area contributed by atoms with Gasteiger partial charge < -0.3 is 15.5 Å². The number of para-hydroxylation sites is 2. The Labute approximate surface area is 182 Å². The molecule has 2 fully saturated rings. The van der Waals surface area contributed by atoms with E-state index in [1.165, 1.54) is 0 Å². The van der Waals surface area contributed by atoms with Gasteiger partial charge in [-0.25, -0.2) is 4.98 Å². The van der Waals surface area contributed by atoms with E-state index in [9.17, 15) is 9.59 Å². The number of benzene rings is 1. The summed E-state index contributed by atoms with van der Waals surface area (Å²) in [6.07, 6.45) is 5.47. The van der Waals surface area contributed by atoms with Crippen LogP contribution in [0.2, 0.25) is 0 Å². The lowest BCUT2D eigenvalue weighted by Crippen LogP contribution is -2.46. The van der Waals surface area contributed by atoms with Crippen molar-refractivity contribution < 1.29 is 9.59 Å². The maximum Gasteiger partial charge on any atom is 0.274 e. The molecule has 2 aliphatic rings. The first kappa shape index (κ1) is 23.3. The predicted molar refractivity (Wildman–Crippen MR) is 117 cm³/mol. The van der Waals surface area contributed by atoms with Crippen molar-refractivity contribution in [2.45, 2.75) is 31.7 Å². The summed E-state index contributed by atoms with van der Waals surface area (Å²) in [5.41, 5.74) is 1.90. The third kappa shape index (κ3) is 5.56. The van der Waals surface area contributed by atoms with E-state index in [1.807, 2.05) is 29.2 Å². The summed E-state index contributed by atoms with van der Waals surface area (Å²) in [7, 11) is 0. The molecule has 2 aromatic rings. The van der Waals surface area contributed by atoms with Gasteiger partial charge in [-0.15, -0.1) is 24.8 Å². The molecule has 2 atom stereocenters. The number of hydrogen-bond donors (Lipinski definition) is 2. The van der Waals surface area contributed by atoms with Crippen LogP contribution in [0.5, 0.6) is 0 Å². The minimum atomic E-state index is -0.0817. The van der Waals surface area contributed by atoms with E-state index in [4.69, 9.17) is 0 Å². The highest BCUT2D eigenvalue weighted by Crippen LogP contribution is 2.18. The summed E-state index contributed by atoms with van der Waals surface area (Å²) < 4.78 is 0. The second-order valence-electron chi connectivity index (χ2n) is 7.40. The van der Waals surface area contributed by atoms with E-state index in [1.54, 1.807) is 6.20 Å². The average Bonchev–Trinajstić information content (AvgIpc) is 3.26. The molecule has 2 unspecified atom stereocenters. The van der Waals surface area contributed by atoms with Crippen molar-refractivity contribution in [1.29, 1.82) is 0 Å². The van der Waals surface area contributed by atoms with Crippen LogP contribution in [0.4, 0.5) is 0 Å². The maximum atomic E-state index is 12.9. The standard InChI is InChI=1S/C20H25N5O2.2ClH/c26-19(17-8-3-9-21-17)23-11-14-5-4-10-25(13-14)20(27)18-12-22-15-6-1-2-7-16(15)24-18;;/h1-2,6-7,12,14,17,21H,3-5,8-11,13H2,(H,23,26);2*1H. The Morgan fingerprint density at radius 3 is 2.69 bits per heavy atom. The van der Waals surface area contributed by atoms with E-state index in [-0.39, 0.29) is 48.6 Å². The molecule has 0 bridgehead atoms. The number of amides is 2. The van der Waals surface area contributed by atoms with Crippen molar-refractivity contribution in [2.75, 3.05) is 26.2 Å². The number of carbonyl (C=O) groups excluding carboxylic acids is 2. The smallest absolute Gasteiger partial charge is 0.274 e. The molecule has 2 aliphatic heterocycles. The van der Waals surface area contributed by atoms with Crippen LogP contribution in [-0.2, 0) is 4.79 Å². The second-order valence-corrected chi connectivity index (χ2v) is 7.40.